The lowest BCUT2D eigenvalue weighted by atomic mass is 10.1. The van der Waals surface area contributed by atoms with Gasteiger partial charge in [0.15, 0.2) is 6.61 Å². The monoisotopic (exact) mass is 383 g/mol. The molecule has 27 heavy (non-hydrogen) atoms. The van der Waals surface area contributed by atoms with E-state index in [0.717, 1.165) is 10.8 Å². The summed E-state index contributed by atoms with van der Waals surface area (Å²) in [6, 6.07) is 17.6. The number of nitro groups is 1. The molecule has 0 atom stereocenters. The molecule has 0 aliphatic carbocycles. The minimum absolute atomic E-state index is 0.0324. The number of nitrogens with zero attached hydrogens (tertiary/aromatic N) is 2. The third-order valence-electron chi connectivity index (χ3n) is 3.66. The second-order valence-electron chi connectivity index (χ2n) is 5.56. The van der Waals surface area contributed by atoms with E-state index in [9.17, 15) is 14.9 Å². The number of amides is 1. The number of rotatable bonds is 6. The number of nitrogens with one attached hydrogen (secondary N) is 1. The van der Waals surface area contributed by atoms with Crippen molar-refractivity contribution in [3.63, 3.8) is 0 Å². The average Bonchev–Trinajstić information content (AvgIpc) is 2.67. The quantitative estimate of drug-likeness (QED) is 0.396. The second kappa shape index (κ2) is 8.29. The van der Waals surface area contributed by atoms with Gasteiger partial charge in [0.1, 0.15) is 10.8 Å². The van der Waals surface area contributed by atoms with Crippen LogP contribution in [0.3, 0.4) is 0 Å². The van der Waals surface area contributed by atoms with Crippen molar-refractivity contribution >= 4 is 40.2 Å². The van der Waals surface area contributed by atoms with E-state index < -0.39 is 10.8 Å². The van der Waals surface area contributed by atoms with E-state index in [1.165, 1.54) is 18.3 Å². The van der Waals surface area contributed by atoms with Crippen LogP contribution >= 0.6 is 11.6 Å². The van der Waals surface area contributed by atoms with Crippen molar-refractivity contribution in [3.8, 4) is 5.75 Å². The molecule has 1 amide bonds. The molecule has 0 aliphatic heterocycles. The zero-order valence-electron chi connectivity index (χ0n) is 14.0. The lowest BCUT2D eigenvalue weighted by molar-refractivity contribution is -0.384. The van der Waals surface area contributed by atoms with Gasteiger partial charge in [-0.2, -0.15) is 5.10 Å². The van der Waals surface area contributed by atoms with Gasteiger partial charge in [-0.25, -0.2) is 5.43 Å². The molecular weight excluding hydrogens is 370 g/mol. The second-order valence-corrected chi connectivity index (χ2v) is 5.97. The largest absolute Gasteiger partial charge is 0.484 e. The number of carbonyl (C=O) groups excluding carboxylic acids is 1. The van der Waals surface area contributed by atoms with Crippen LogP contribution in [0.4, 0.5) is 5.69 Å². The molecule has 0 fully saturated rings. The number of nitro benzene ring substituents is 1. The Hall–Kier alpha value is -3.45. The van der Waals surface area contributed by atoms with Crippen LogP contribution in [0.5, 0.6) is 5.75 Å². The van der Waals surface area contributed by atoms with Gasteiger partial charge in [-0.15, -0.1) is 0 Å². The highest BCUT2D eigenvalue weighted by Crippen LogP contribution is 2.24. The Labute approximate surface area is 159 Å². The molecule has 0 saturated heterocycles. The standard InChI is InChI=1S/C19H14ClN3O4/c20-17-8-5-13(9-18(17)23(25)26)11-21-22-19(24)12-27-16-7-6-14-3-1-2-4-15(14)10-16/h1-11H,12H2,(H,22,24)/b21-11-. The first-order valence-electron chi connectivity index (χ1n) is 7.90. The van der Waals surface area contributed by atoms with Crippen LogP contribution in [0.2, 0.25) is 5.02 Å². The summed E-state index contributed by atoms with van der Waals surface area (Å²) in [5.74, 6) is 0.115. The van der Waals surface area contributed by atoms with Gasteiger partial charge in [-0.05, 0) is 29.0 Å². The molecule has 0 aromatic heterocycles. The normalized spacial score (nSPS) is 10.9. The highest BCUT2D eigenvalue weighted by atomic mass is 35.5. The molecule has 7 nitrogen and oxygen atoms in total. The number of hydrogen-bond acceptors (Lipinski definition) is 5. The molecule has 3 rings (SSSR count). The number of halogens is 1. The third-order valence-corrected chi connectivity index (χ3v) is 3.98. The van der Waals surface area contributed by atoms with Crippen molar-refractivity contribution < 1.29 is 14.5 Å². The van der Waals surface area contributed by atoms with Crippen molar-refractivity contribution in [2.24, 2.45) is 5.10 Å². The zero-order valence-corrected chi connectivity index (χ0v) is 14.7. The smallest absolute Gasteiger partial charge is 0.288 e. The van der Waals surface area contributed by atoms with Gasteiger partial charge in [0.2, 0.25) is 0 Å². The van der Waals surface area contributed by atoms with Gasteiger partial charge >= 0.3 is 0 Å². The summed E-state index contributed by atoms with van der Waals surface area (Å²) in [6.45, 7) is -0.212. The van der Waals surface area contributed by atoms with Crippen molar-refractivity contribution in [1.82, 2.24) is 5.43 Å². The Bertz CT molecular complexity index is 1040. The molecule has 0 aliphatic rings. The summed E-state index contributed by atoms with van der Waals surface area (Å²) in [6.07, 6.45) is 1.29. The molecule has 0 radical (unpaired) electrons. The Morgan fingerprint density at radius 2 is 1.93 bits per heavy atom. The topological polar surface area (TPSA) is 93.8 Å². The number of hydrazone groups is 1. The zero-order chi connectivity index (χ0) is 19.2. The van der Waals surface area contributed by atoms with Crippen molar-refractivity contribution in [3.05, 3.63) is 81.4 Å². The van der Waals surface area contributed by atoms with Gasteiger partial charge < -0.3 is 4.74 Å². The number of hydrogen-bond donors (Lipinski definition) is 1. The molecule has 0 heterocycles. The fourth-order valence-corrected chi connectivity index (χ4v) is 2.55. The van der Waals surface area contributed by atoms with Crippen molar-refractivity contribution in [1.29, 1.82) is 0 Å². The van der Waals surface area contributed by atoms with E-state index in [0.29, 0.717) is 11.3 Å². The van der Waals surface area contributed by atoms with Gasteiger partial charge in [-0.3, -0.25) is 14.9 Å². The fourth-order valence-electron chi connectivity index (χ4n) is 2.37. The first kappa shape index (κ1) is 18.3. The van der Waals surface area contributed by atoms with E-state index in [1.807, 2.05) is 36.4 Å². The van der Waals surface area contributed by atoms with Gasteiger partial charge in [0, 0.05) is 11.6 Å². The first-order chi connectivity index (χ1) is 13.0. The Balaban J connectivity index is 1.55. The molecule has 1 N–H and O–H groups in total. The molecule has 0 bridgehead atoms. The average molecular weight is 384 g/mol. The highest BCUT2D eigenvalue weighted by Gasteiger charge is 2.11. The van der Waals surface area contributed by atoms with E-state index in [-0.39, 0.29) is 17.3 Å². The summed E-state index contributed by atoms with van der Waals surface area (Å²) in [4.78, 5) is 22.1. The molecular formula is C19H14ClN3O4. The summed E-state index contributed by atoms with van der Waals surface area (Å²) in [5, 5.41) is 16.7. The highest BCUT2D eigenvalue weighted by molar-refractivity contribution is 6.32. The number of ether oxygens (including phenoxy) is 1. The summed E-state index contributed by atoms with van der Waals surface area (Å²) in [5.41, 5.74) is 2.51. The maximum absolute atomic E-state index is 11.8. The van der Waals surface area contributed by atoms with Crippen LogP contribution in [0.1, 0.15) is 5.56 Å². The Kier molecular flexibility index (Phi) is 5.63. The van der Waals surface area contributed by atoms with Crippen LogP contribution in [-0.2, 0) is 4.79 Å². The van der Waals surface area contributed by atoms with E-state index in [2.05, 4.69) is 10.5 Å². The molecule has 3 aromatic rings. The molecule has 3 aromatic carbocycles. The van der Waals surface area contributed by atoms with Gasteiger partial charge in [0.05, 0.1) is 11.1 Å². The van der Waals surface area contributed by atoms with Crippen LogP contribution in [0, 0.1) is 10.1 Å². The maximum Gasteiger partial charge on any atom is 0.288 e. The molecule has 0 unspecified atom stereocenters. The molecule has 0 saturated carbocycles. The first-order valence-corrected chi connectivity index (χ1v) is 8.28. The lowest BCUT2D eigenvalue weighted by Crippen LogP contribution is -2.24. The molecule has 8 heteroatoms. The predicted octanol–water partition coefficient (Wildman–Crippen LogP) is 3.93. The van der Waals surface area contributed by atoms with Gasteiger partial charge in [0.25, 0.3) is 11.6 Å². The minimum Gasteiger partial charge on any atom is -0.484 e. The Morgan fingerprint density at radius 3 is 2.70 bits per heavy atom. The van der Waals surface area contributed by atoms with Crippen molar-refractivity contribution in [2.75, 3.05) is 6.61 Å². The number of fused-ring (bicyclic) bond motifs is 1. The maximum atomic E-state index is 11.8. The van der Waals surface area contributed by atoms with Crippen LogP contribution in [0.15, 0.2) is 65.8 Å². The van der Waals surface area contributed by atoms with Crippen LogP contribution in [-0.4, -0.2) is 23.7 Å². The summed E-state index contributed by atoms with van der Waals surface area (Å²) < 4.78 is 5.45. The fraction of sp³-hybridized carbons (Fsp3) is 0.0526. The van der Waals surface area contributed by atoms with Crippen molar-refractivity contribution in [2.45, 2.75) is 0 Å². The molecule has 136 valence electrons. The summed E-state index contributed by atoms with van der Waals surface area (Å²) in [7, 11) is 0. The van der Waals surface area contributed by atoms with Crippen LogP contribution in [0.25, 0.3) is 10.8 Å². The van der Waals surface area contributed by atoms with Gasteiger partial charge in [-0.1, -0.05) is 48.0 Å². The predicted molar refractivity (Wildman–Crippen MR) is 103 cm³/mol. The Morgan fingerprint density at radius 1 is 1.15 bits per heavy atom. The van der Waals surface area contributed by atoms with Crippen LogP contribution < -0.4 is 10.2 Å². The summed E-state index contributed by atoms with van der Waals surface area (Å²) >= 11 is 5.74. The van der Waals surface area contributed by atoms with E-state index >= 15 is 0 Å². The SMILES string of the molecule is O=C(COc1ccc2ccccc2c1)N/N=C\c1ccc(Cl)c([N+](=O)[O-])c1. The number of benzene rings is 3. The molecule has 0 spiro atoms. The minimum atomic E-state index is -0.588. The number of carbonyl (C=O) groups is 1. The van der Waals surface area contributed by atoms with E-state index in [4.69, 9.17) is 16.3 Å². The third kappa shape index (κ3) is 4.80. The lowest BCUT2D eigenvalue weighted by Gasteiger charge is -2.06. The van der Waals surface area contributed by atoms with E-state index in [1.54, 1.807) is 12.1 Å².